The Bertz CT molecular complexity index is 459. The minimum atomic E-state index is -1.51. The SMILES string of the molecule is CCOC(=O)C(NC(=O)c1cncnc1)C(=O)OCC. The first-order valence-electron chi connectivity index (χ1n) is 5.99. The zero-order valence-electron chi connectivity index (χ0n) is 11.2. The van der Waals surface area contributed by atoms with E-state index in [0.29, 0.717) is 0 Å². The lowest BCUT2D eigenvalue weighted by molar-refractivity contribution is -0.157. The summed E-state index contributed by atoms with van der Waals surface area (Å²) < 4.78 is 9.45. The van der Waals surface area contributed by atoms with E-state index in [1.807, 2.05) is 0 Å². The summed E-state index contributed by atoms with van der Waals surface area (Å²) in [4.78, 5) is 42.5. The van der Waals surface area contributed by atoms with Crippen LogP contribution in [0.15, 0.2) is 18.7 Å². The molecule has 0 fully saturated rings. The van der Waals surface area contributed by atoms with Gasteiger partial charge in [0, 0.05) is 12.4 Å². The highest BCUT2D eigenvalue weighted by atomic mass is 16.6. The van der Waals surface area contributed by atoms with Crippen molar-refractivity contribution in [2.24, 2.45) is 0 Å². The zero-order chi connectivity index (χ0) is 15.0. The minimum absolute atomic E-state index is 0.0824. The molecule has 1 heterocycles. The molecule has 1 amide bonds. The van der Waals surface area contributed by atoms with E-state index >= 15 is 0 Å². The van der Waals surface area contributed by atoms with Gasteiger partial charge in [0.15, 0.2) is 0 Å². The van der Waals surface area contributed by atoms with Crippen molar-refractivity contribution in [3.8, 4) is 0 Å². The number of hydrogen-bond donors (Lipinski definition) is 1. The maximum atomic E-state index is 11.9. The maximum absolute atomic E-state index is 11.9. The zero-order valence-corrected chi connectivity index (χ0v) is 11.2. The topological polar surface area (TPSA) is 107 Å². The molecular weight excluding hydrogens is 266 g/mol. The van der Waals surface area contributed by atoms with Gasteiger partial charge in [-0.2, -0.15) is 0 Å². The van der Waals surface area contributed by atoms with Crippen LogP contribution >= 0.6 is 0 Å². The molecule has 0 bridgehead atoms. The molecular formula is C12H15N3O5. The second-order valence-electron chi connectivity index (χ2n) is 3.54. The lowest BCUT2D eigenvalue weighted by atomic mass is 10.2. The lowest BCUT2D eigenvalue weighted by Crippen LogP contribution is -2.48. The van der Waals surface area contributed by atoms with Crippen molar-refractivity contribution in [3.05, 3.63) is 24.3 Å². The Balaban J connectivity index is 2.81. The third kappa shape index (κ3) is 4.30. The van der Waals surface area contributed by atoms with E-state index in [1.165, 1.54) is 18.7 Å². The van der Waals surface area contributed by atoms with E-state index in [2.05, 4.69) is 15.3 Å². The molecule has 0 aliphatic rings. The Morgan fingerprint density at radius 1 is 1.10 bits per heavy atom. The number of ether oxygens (including phenoxy) is 2. The van der Waals surface area contributed by atoms with Gasteiger partial charge in [0.2, 0.25) is 6.04 Å². The van der Waals surface area contributed by atoms with Crippen LogP contribution in [0.2, 0.25) is 0 Å². The van der Waals surface area contributed by atoms with Gasteiger partial charge in [0.25, 0.3) is 5.91 Å². The van der Waals surface area contributed by atoms with Crippen LogP contribution in [-0.2, 0) is 19.1 Å². The van der Waals surface area contributed by atoms with Gasteiger partial charge in [-0.25, -0.2) is 19.6 Å². The molecule has 0 saturated heterocycles. The fourth-order valence-corrected chi connectivity index (χ4v) is 1.30. The van der Waals surface area contributed by atoms with Gasteiger partial charge >= 0.3 is 11.9 Å². The van der Waals surface area contributed by atoms with Crippen LogP contribution in [0.4, 0.5) is 0 Å². The monoisotopic (exact) mass is 281 g/mol. The Kier molecular flexibility index (Phi) is 6.08. The van der Waals surface area contributed by atoms with Gasteiger partial charge < -0.3 is 14.8 Å². The predicted octanol–water partition coefficient (Wildman–Crippen LogP) is -0.299. The first-order chi connectivity index (χ1) is 9.60. The molecule has 0 aliphatic carbocycles. The average Bonchev–Trinajstić information content (AvgIpc) is 2.45. The van der Waals surface area contributed by atoms with E-state index in [9.17, 15) is 14.4 Å². The van der Waals surface area contributed by atoms with Gasteiger partial charge in [0.1, 0.15) is 6.33 Å². The van der Waals surface area contributed by atoms with Crippen molar-refractivity contribution in [2.75, 3.05) is 13.2 Å². The van der Waals surface area contributed by atoms with Crippen molar-refractivity contribution in [2.45, 2.75) is 19.9 Å². The molecule has 0 aliphatic heterocycles. The van der Waals surface area contributed by atoms with E-state index in [4.69, 9.17) is 9.47 Å². The summed E-state index contributed by atoms with van der Waals surface area (Å²) in [6.45, 7) is 3.35. The number of hydrogen-bond acceptors (Lipinski definition) is 7. The van der Waals surface area contributed by atoms with Crippen molar-refractivity contribution in [1.29, 1.82) is 0 Å². The van der Waals surface area contributed by atoms with Crippen molar-refractivity contribution in [3.63, 3.8) is 0 Å². The van der Waals surface area contributed by atoms with Crippen LogP contribution in [-0.4, -0.2) is 47.1 Å². The van der Waals surface area contributed by atoms with E-state index in [-0.39, 0.29) is 18.8 Å². The number of carbonyl (C=O) groups is 3. The van der Waals surface area contributed by atoms with Gasteiger partial charge in [-0.15, -0.1) is 0 Å². The fourth-order valence-electron chi connectivity index (χ4n) is 1.30. The molecule has 1 rings (SSSR count). The molecule has 1 aromatic rings. The van der Waals surface area contributed by atoms with Crippen LogP contribution in [0.25, 0.3) is 0 Å². The van der Waals surface area contributed by atoms with Gasteiger partial charge in [0.05, 0.1) is 18.8 Å². The first-order valence-corrected chi connectivity index (χ1v) is 5.99. The first kappa shape index (κ1) is 15.5. The normalized spacial score (nSPS) is 9.95. The number of aromatic nitrogens is 2. The number of esters is 2. The summed E-state index contributed by atoms with van der Waals surface area (Å²) in [5.41, 5.74) is 0.117. The molecule has 1 N–H and O–H groups in total. The molecule has 1 aromatic heterocycles. The Hall–Kier alpha value is -2.51. The predicted molar refractivity (Wildman–Crippen MR) is 66.6 cm³/mol. The second-order valence-corrected chi connectivity index (χ2v) is 3.54. The van der Waals surface area contributed by atoms with Gasteiger partial charge in [-0.05, 0) is 13.8 Å². The van der Waals surface area contributed by atoms with Gasteiger partial charge in [-0.1, -0.05) is 0 Å². The third-order valence-electron chi connectivity index (χ3n) is 2.14. The highest BCUT2D eigenvalue weighted by Crippen LogP contribution is 1.99. The number of amides is 1. The number of nitrogens with zero attached hydrogens (tertiary/aromatic N) is 2. The molecule has 108 valence electrons. The highest BCUT2D eigenvalue weighted by molar-refractivity contribution is 6.05. The highest BCUT2D eigenvalue weighted by Gasteiger charge is 2.31. The van der Waals surface area contributed by atoms with Gasteiger partial charge in [-0.3, -0.25) is 4.79 Å². The molecule has 0 unspecified atom stereocenters. The Morgan fingerprint density at radius 2 is 1.60 bits per heavy atom. The van der Waals surface area contributed by atoms with E-state index in [1.54, 1.807) is 13.8 Å². The maximum Gasteiger partial charge on any atom is 0.340 e. The van der Waals surface area contributed by atoms with Crippen LogP contribution in [0.5, 0.6) is 0 Å². The molecule has 0 atom stereocenters. The molecule has 0 aromatic carbocycles. The fraction of sp³-hybridized carbons (Fsp3) is 0.417. The van der Waals surface area contributed by atoms with E-state index < -0.39 is 23.9 Å². The molecule has 8 nitrogen and oxygen atoms in total. The molecule has 20 heavy (non-hydrogen) atoms. The number of nitrogens with one attached hydrogen (secondary N) is 1. The smallest absolute Gasteiger partial charge is 0.340 e. The van der Waals surface area contributed by atoms with Crippen molar-refractivity contribution >= 4 is 17.8 Å². The van der Waals surface area contributed by atoms with Crippen LogP contribution < -0.4 is 5.32 Å². The summed E-state index contributed by atoms with van der Waals surface area (Å²) in [6.07, 6.45) is 3.77. The Labute approximate surface area is 115 Å². The van der Waals surface area contributed by atoms with Crippen LogP contribution in [0, 0.1) is 0 Å². The molecule has 0 spiro atoms. The second kappa shape index (κ2) is 7.82. The number of carbonyl (C=O) groups excluding carboxylic acids is 3. The molecule has 0 radical (unpaired) electrons. The Morgan fingerprint density at radius 3 is 2.05 bits per heavy atom. The van der Waals surface area contributed by atoms with Crippen LogP contribution in [0.1, 0.15) is 24.2 Å². The molecule has 8 heteroatoms. The standard InChI is InChI=1S/C12H15N3O5/c1-3-19-11(17)9(12(18)20-4-2)15-10(16)8-5-13-7-14-6-8/h5-7,9H,3-4H2,1-2H3,(H,15,16). The summed E-state index contributed by atoms with van der Waals surface area (Å²) in [6, 6.07) is -1.51. The molecule has 0 saturated carbocycles. The summed E-state index contributed by atoms with van der Waals surface area (Å²) in [7, 11) is 0. The van der Waals surface area contributed by atoms with Crippen LogP contribution in [0.3, 0.4) is 0 Å². The largest absolute Gasteiger partial charge is 0.464 e. The average molecular weight is 281 g/mol. The summed E-state index contributed by atoms with van der Waals surface area (Å²) in [5, 5.41) is 2.23. The van der Waals surface area contributed by atoms with E-state index in [0.717, 1.165) is 0 Å². The third-order valence-corrected chi connectivity index (χ3v) is 2.14. The summed E-state index contributed by atoms with van der Waals surface area (Å²) in [5.74, 6) is -2.43. The van der Waals surface area contributed by atoms with Crippen molar-refractivity contribution < 1.29 is 23.9 Å². The summed E-state index contributed by atoms with van der Waals surface area (Å²) >= 11 is 0. The lowest BCUT2D eigenvalue weighted by Gasteiger charge is -2.15. The quantitative estimate of drug-likeness (QED) is 0.563. The minimum Gasteiger partial charge on any atom is -0.464 e. The van der Waals surface area contributed by atoms with Crippen molar-refractivity contribution in [1.82, 2.24) is 15.3 Å². The number of rotatable bonds is 6.